The smallest absolute Gasteiger partial charge is 0.0915 e. The van der Waals surface area contributed by atoms with Crippen LogP contribution in [0.1, 0.15) is 30.0 Å². The van der Waals surface area contributed by atoms with Gasteiger partial charge in [0.25, 0.3) is 0 Å². The molecule has 5 nitrogen and oxygen atoms in total. The Hall–Kier alpha value is -1.62. The number of hydrogen-bond donors (Lipinski definition) is 1. The molecule has 0 saturated carbocycles. The summed E-state index contributed by atoms with van der Waals surface area (Å²) in [6.07, 6.45) is 2.81. The van der Waals surface area contributed by atoms with Crippen LogP contribution in [0.25, 0.3) is 0 Å². The Kier molecular flexibility index (Phi) is 2.78. The molecule has 2 heterocycles. The average molecular weight is 219 g/mol. The van der Waals surface area contributed by atoms with Gasteiger partial charge in [-0.05, 0) is 18.6 Å². The lowest BCUT2D eigenvalue weighted by Gasteiger charge is -2.08. The van der Waals surface area contributed by atoms with Crippen LogP contribution in [-0.2, 0) is 20.5 Å². The van der Waals surface area contributed by atoms with Crippen molar-refractivity contribution in [2.24, 2.45) is 19.8 Å². The minimum Gasteiger partial charge on any atom is -0.318 e. The zero-order valence-electron chi connectivity index (χ0n) is 9.88. The van der Waals surface area contributed by atoms with Crippen molar-refractivity contribution in [2.75, 3.05) is 0 Å². The molecule has 1 unspecified atom stereocenters. The first-order valence-corrected chi connectivity index (χ1v) is 5.39. The molecular weight excluding hydrogens is 202 g/mol. The molecule has 0 fully saturated rings. The van der Waals surface area contributed by atoms with Crippen LogP contribution < -0.4 is 5.73 Å². The number of rotatable bonds is 3. The Morgan fingerprint density at radius 1 is 1.38 bits per heavy atom. The van der Waals surface area contributed by atoms with Crippen molar-refractivity contribution >= 4 is 0 Å². The normalized spacial score (nSPS) is 13.0. The SMILES string of the molecule is CCc1cc(C(N)c2ccn(C)n2)n(C)n1. The molecule has 2 N–H and O–H groups in total. The van der Waals surface area contributed by atoms with Gasteiger partial charge in [-0.3, -0.25) is 9.36 Å². The fourth-order valence-electron chi connectivity index (χ4n) is 1.76. The molecule has 5 heteroatoms. The highest BCUT2D eigenvalue weighted by Gasteiger charge is 2.16. The molecule has 0 aliphatic rings. The van der Waals surface area contributed by atoms with Crippen LogP contribution in [0.5, 0.6) is 0 Å². The predicted molar refractivity (Wildman–Crippen MR) is 61.8 cm³/mol. The van der Waals surface area contributed by atoms with E-state index in [0.29, 0.717) is 0 Å². The highest BCUT2D eigenvalue weighted by Crippen LogP contribution is 2.18. The number of aromatic nitrogens is 4. The molecule has 86 valence electrons. The maximum Gasteiger partial charge on any atom is 0.0915 e. The summed E-state index contributed by atoms with van der Waals surface area (Å²) in [5.41, 5.74) is 9.09. The van der Waals surface area contributed by atoms with Gasteiger partial charge in [-0.2, -0.15) is 10.2 Å². The van der Waals surface area contributed by atoms with Gasteiger partial charge in [-0.1, -0.05) is 6.92 Å². The fraction of sp³-hybridized carbons (Fsp3) is 0.455. The molecule has 0 bridgehead atoms. The second kappa shape index (κ2) is 4.09. The number of aryl methyl sites for hydroxylation is 3. The van der Waals surface area contributed by atoms with Gasteiger partial charge < -0.3 is 5.73 Å². The fourth-order valence-corrected chi connectivity index (χ4v) is 1.76. The summed E-state index contributed by atoms with van der Waals surface area (Å²) in [5, 5.41) is 8.70. The molecule has 16 heavy (non-hydrogen) atoms. The molecular formula is C11H17N5. The van der Waals surface area contributed by atoms with Crippen molar-refractivity contribution in [3.05, 3.63) is 35.4 Å². The van der Waals surface area contributed by atoms with E-state index < -0.39 is 0 Å². The van der Waals surface area contributed by atoms with Crippen LogP contribution in [0.3, 0.4) is 0 Å². The molecule has 0 amide bonds. The molecule has 0 aromatic carbocycles. The summed E-state index contributed by atoms with van der Waals surface area (Å²) in [7, 11) is 3.80. The minimum atomic E-state index is -0.209. The molecule has 0 saturated heterocycles. The van der Waals surface area contributed by atoms with E-state index in [9.17, 15) is 0 Å². The van der Waals surface area contributed by atoms with Crippen LogP contribution in [0.2, 0.25) is 0 Å². The largest absolute Gasteiger partial charge is 0.318 e. The highest BCUT2D eigenvalue weighted by molar-refractivity contribution is 5.22. The first-order valence-electron chi connectivity index (χ1n) is 5.39. The van der Waals surface area contributed by atoms with Gasteiger partial charge in [-0.25, -0.2) is 0 Å². The van der Waals surface area contributed by atoms with Crippen molar-refractivity contribution in [2.45, 2.75) is 19.4 Å². The van der Waals surface area contributed by atoms with Crippen molar-refractivity contribution in [1.29, 1.82) is 0 Å². The molecule has 1 atom stereocenters. The summed E-state index contributed by atoms with van der Waals surface area (Å²) >= 11 is 0. The Bertz CT molecular complexity index is 482. The van der Waals surface area contributed by atoms with E-state index >= 15 is 0 Å². The third-order valence-corrected chi connectivity index (χ3v) is 2.70. The monoisotopic (exact) mass is 219 g/mol. The van der Waals surface area contributed by atoms with E-state index in [1.165, 1.54) is 0 Å². The summed E-state index contributed by atoms with van der Waals surface area (Å²) in [6, 6.07) is 3.77. The van der Waals surface area contributed by atoms with Gasteiger partial charge in [0.15, 0.2) is 0 Å². The molecule has 2 aromatic rings. The van der Waals surface area contributed by atoms with Crippen LogP contribution in [0.4, 0.5) is 0 Å². The third kappa shape index (κ3) is 1.86. The Morgan fingerprint density at radius 2 is 2.12 bits per heavy atom. The van der Waals surface area contributed by atoms with Crippen LogP contribution in [0, 0.1) is 0 Å². The maximum atomic E-state index is 6.16. The van der Waals surface area contributed by atoms with E-state index in [4.69, 9.17) is 5.73 Å². The van der Waals surface area contributed by atoms with E-state index in [1.807, 2.05) is 37.1 Å². The molecule has 2 aromatic heterocycles. The Morgan fingerprint density at radius 3 is 2.62 bits per heavy atom. The van der Waals surface area contributed by atoms with Gasteiger partial charge in [0, 0.05) is 20.3 Å². The summed E-state index contributed by atoms with van der Waals surface area (Å²) in [6.45, 7) is 2.08. The maximum absolute atomic E-state index is 6.16. The van der Waals surface area contributed by atoms with E-state index in [-0.39, 0.29) is 6.04 Å². The van der Waals surface area contributed by atoms with Crippen LogP contribution >= 0.6 is 0 Å². The third-order valence-electron chi connectivity index (χ3n) is 2.70. The summed E-state index contributed by atoms with van der Waals surface area (Å²) < 4.78 is 3.59. The molecule has 0 radical (unpaired) electrons. The number of hydrogen-bond acceptors (Lipinski definition) is 3. The van der Waals surface area contributed by atoms with Crippen molar-refractivity contribution in [3.63, 3.8) is 0 Å². The van der Waals surface area contributed by atoms with E-state index in [1.54, 1.807) is 4.68 Å². The van der Waals surface area contributed by atoms with Gasteiger partial charge in [0.2, 0.25) is 0 Å². The zero-order valence-corrected chi connectivity index (χ0v) is 9.88. The second-order valence-corrected chi connectivity index (χ2v) is 3.93. The van der Waals surface area contributed by atoms with Gasteiger partial charge in [0.05, 0.1) is 23.1 Å². The lowest BCUT2D eigenvalue weighted by Crippen LogP contribution is -2.16. The highest BCUT2D eigenvalue weighted by atomic mass is 15.3. The average Bonchev–Trinajstić information content (AvgIpc) is 2.83. The van der Waals surface area contributed by atoms with E-state index in [0.717, 1.165) is 23.5 Å². The second-order valence-electron chi connectivity index (χ2n) is 3.93. The van der Waals surface area contributed by atoms with E-state index in [2.05, 4.69) is 17.1 Å². The number of nitrogens with zero attached hydrogens (tertiary/aromatic N) is 4. The van der Waals surface area contributed by atoms with Crippen molar-refractivity contribution < 1.29 is 0 Å². The van der Waals surface area contributed by atoms with Crippen LogP contribution in [-0.4, -0.2) is 19.6 Å². The van der Waals surface area contributed by atoms with Gasteiger partial charge in [-0.15, -0.1) is 0 Å². The summed E-state index contributed by atoms with van der Waals surface area (Å²) in [4.78, 5) is 0. The quantitative estimate of drug-likeness (QED) is 0.829. The molecule has 0 spiro atoms. The number of nitrogens with two attached hydrogens (primary N) is 1. The first-order chi connectivity index (χ1) is 7.61. The molecule has 2 rings (SSSR count). The molecule has 0 aliphatic carbocycles. The Balaban J connectivity index is 2.33. The first kappa shape index (κ1) is 10.9. The predicted octanol–water partition coefficient (Wildman–Crippen LogP) is 0.764. The van der Waals surface area contributed by atoms with Crippen molar-refractivity contribution in [1.82, 2.24) is 19.6 Å². The molecule has 0 aliphatic heterocycles. The lowest BCUT2D eigenvalue weighted by molar-refractivity contribution is 0.643. The van der Waals surface area contributed by atoms with Crippen molar-refractivity contribution in [3.8, 4) is 0 Å². The van der Waals surface area contributed by atoms with Gasteiger partial charge >= 0.3 is 0 Å². The zero-order chi connectivity index (χ0) is 11.7. The standard InChI is InChI=1S/C11H17N5/c1-4-8-7-10(16(3)13-8)11(12)9-5-6-15(2)14-9/h5-7,11H,4,12H2,1-3H3. The van der Waals surface area contributed by atoms with Crippen LogP contribution in [0.15, 0.2) is 18.3 Å². The van der Waals surface area contributed by atoms with Gasteiger partial charge in [0.1, 0.15) is 0 Å². The lowest BCUT2D eigenvalue weighted by atomic mass is 10.1. The Labute approximate surface area is 94.9 Å². The summed E-state index contributed by atoms with van der Waals surface area (Å²) in [5.74, 6) is 0. The minimum absolute atomic E-state index is 0.209. The topological polar surface area (TPSA) is 61.7 Å².